The molecule has 0 aromatic carbocycles. The van der Waals surface area contributed by atoms with Crippen LogP contribution < -0.4 is 4.90 Å². The predicted molar refractivity (Wildman–Crippen MR) is 136 cm³/mol. The Morgan fingerprint density at radius 1 is 1.26 bits per heavy atom. The van der Waals surface area contributed by atoms with Crippen LogP contribution >= 0.6 is 34.2 Å². The van der Waals surface area contributed by atoms with Crippen LogP contribution in [0.25, 0.3) is 16.9 Å². The Kier molecular flexibility index (Phi) is 5.83. The smallest absolute Gasteiger partial charge is 0.195 e. The van der Waals surface area contributed by atoms with Crippen LogP contribution in [0.5, 0.6) is 0 Å². The molecular weight excluding hydrogens is 572 g/mol. The Hall–Kier alpha value is -2.60. The average molecular weight is 594 g/mol. The number of halogens is 3. The van der Waals surface area contributed by atoms with Gasteiger partial charge in [-0.1, -0.05) is 11.6 Å². The van der Waals surface area contributed by atoms with Crippen LogP contribution in [-0.4, -0.2) is 41.9 Å². The summed E-state index contributed by atoms with van der Waals surface area (Å²) in [5, 5.41) is 9.59. The molecule has 0 N–H and O–H groups in total. The summed E-state index contributed by atoms with van der Waals surface area (Å²) in [5.41, 5.74) is 1.07. The van der Waals surface area contributed by atoms with Crippen molar-refractivity contribution in [1.82, 2.24) is 29.5 Å². The van der Waals surface area contributed by atoms with Crippen molar-refractivity contribution < 1.29 is 9.18 Å². The van der Waals surface area contributed by atoms with E-state index in [0.29, 0.717) is 33.1 Å². The van der Waals surface area contributed by atoms with E-state index in [1.165, 1.54) is 17.1 Å². The molecule has 0 radical (unpaired) electrons. The molecule has 11 heteroatoms. The summed E-state index contributed by atoms with van der Waals surface area (Å²) >= 11 is 8.76. The molecule has 5 rings (SSSR count). The minimum absolute atomic E-state index is 0.00772. The van der Waals surface area contributed by atoms with Gasteiger partial charge in [-0.05, 0) is 61.4 Å². The van der Waals surface area contributed by atoms with Gasteiger partial charge in [0, 0.05) is 36.2 Å². The number of carbonyl (C=O) groups excluding carboxylic acids is 1. The second-order valence-electron chi connectivity index (χ2n) is 8.93. The second-order valence-corrected chi connectivity index (χ2v) is 10.5. The van der Waals surface area contributed by atoms with Crippen molar-refractivity contribution in [3.63, 3.8) is 0 Å². The Balaban J connectivity index is 1.73. The molecule has 3 atom stereocenters. The highest BCUT2D eigenvalue weighted by Crippen LogP contribution is 2.48. The van der Waals surface area contributed by atoms with Gasteiger partial charge in [-0.25, -0.2) is 14.4 Å². The van der Waals surface area contributed by atoms with Gasteiger partial charge in [0.05, 0.1) is 32.7 Å². The third-order valence-corrected chi connectivity index (χ3v) is 7.63. The van der Waals surface area contributed by atoms with E-state index in [9.17, 15) is 9.18 Å². The zero-order chi connectivity index (χ0) is 24.2. The van der Waals surface area contributed by atoms with Gasteiger partial charge in [-0.15, -0.1) is 4.80 Å². The topological polar surface area (TPSA) is 81.7 Å². The molecule has 0 saturated carbocycles. The molecule has 1 fully saturated rings. The molecule has 1 aliphatic heterocycles. The molecule has 0 aliphatic carbocycles. The molecule has 34 heavy (non-hydrogen) atoms. The van der Waals surface area contributed by atoms with Gasteiger partial charge in [-0.2, -0.15) is 10.2 Å². The van der Waals surface area contributed by atoms with Crippen molar-refractivity contribution in [2.24, 2.45) is 13.0 Å². The number of rotatable bonds is 4. The van der Waals surface area contributed by atoms with Crippen LogP contribution in [0.4, 0.5) is 10.2 Å². The second kappa shape index (κ2) is 8.56. The fraction of sp³-hybridized carbons (Fsp3) is 0.348. The van der Waals surface area contributed by atoms with Gasteiger partial charge in [0.15, 0.2) is 5.82 Å². The van der Waals surface area contributed by atoms with E-state index in [1.54, 1.807) is 12.4 Å². The molecular formula is C23H22ClFIN7O. The van der Waals surface area contributed by atoms with Crippen LogP contribution in [-0.2, 0) is 17.4 Å². The number of pyridine rings is 2. The molecule has 0 bridgehead atoms. The molecule has 1 unspecified atom stereocenters. The third-order valence-electron chi connectivity index (χ3n) is 6.56. The summed E-state index contributed by atoms with van der Waals surface area (Å²) < 4.78 is 16.5. The summed E-state index contributed by atoms with van der Waals surface area (Å²) in [6.45, 7) is 4.18. The maximum absolute atomic E-state index is 13.9. The first kappa shape index (κ1) is 23.2. The summed E-state index contributed by atoms with van der Waals surface area (Å²) in [7, 11) is 1.92. The number of piperidine rings is 1. The number of fused-ring (bicyclic) bond motifs is 1. The van der Waals surface area contributed by atoms with Crippen molar-refractivity contribution >= 4 is 57.3 Å². The van der Waals surface area contributed by atoms with Crippen LogP contribution in [0, 0.1) is 15.3 Å². The fourth-order valence-electron chi connectivity index (χ4n) is 5.25. The van der Waals surface area contributed by atoms with Crippen molar-refractivity contribution in [3.8, 4) is 5.82 Å². The van der Waals surface area contributed by atoms with Crippen LogP contribution in [0.15, 0.2) is 36.9 Å². The molecule has 0 spiro atoms. The van der Waals surface area contributed by atoms with E-state index in [0.717, 1.165) is 22.9 Å². The molecule has 1 saturated heterocycles. The first-order valence-electron chi connectivity index (χ1n) is 10.8. The highest BCUT2D eigenvalue weighted by molar-refractivity contribution is 14.1. The lowest BCUT2D eigenvalue weighted by atomic mass is 9.75. The van der Waals surface area contributed by atoms with E-state index in [4.69, 9.17) is 16.6 Å². The lowest BCUT2D eigenvalue weighted by Crippen LogP contribution is -2.55. The maximum atomic E-state index is 13.9. The monoisotopic (exact) mass is 593 g/mol. The van der Waals surface area contributed by atoms with Gasteiger partial charge >= 0.3 is 0 Å². The van der Waals surface area contributed by atoms with Crippen molar-refractivity contribution in [2.45, 2.75) is 38.3 Å². The van der Waals surface area contributed by atoms with Crippen LogP contribution in [0.3, 0.4) is 0 Å². The first-order valence-corrected chi connectivity index (χ1v) is 12.3. The first-order chi connectivity index (χ1) is 16.2. The summed E-state index contributed by atoms with van der Waals surface area (Å²) in [6, 6.07) is 3.35. The average Bonchev–Trinajstić information content (AvgIpc) is 3.42. The van der Waals surface area contributed by atoms with Crippen molar-refractivity contribution in [3.05, 3.63) is 56.9 Å². The lowest BCUT2D eigenvalue weighted by Gasteiger charge is -2.51. The number of nitrogens with zero attached hydrogens (tertiary/aromatic N) is 7. The van der Waals surface area contributed by atoms with E-state index in [1.807, 2.05) is 23.9 Å². The quantitative estimate of drug-likeness (QED) is 0.253. The Morgan fingerprint density at radius 3 is 2.68 bits per heavy atom. The highest BCUT2D eigenvalue weighted by Gasteiger charge is 2.46. The van der Waals surface area contributed by atoms with Crippen LogP contribution in [0.1, 0.15) is 32.3 Å². The zero-order valence-electron chi connectivity index (χ0n) is 18.8. The van der Waals surface area contributed by atoms with Gasteiger partial charge in [0.25, 0.3) is 0 Å². The Bertz CT molecular complexity index is 1390. The number of aldehydes is 1. The molecule has 4 aromatic heterocycles. The number of aromatic nitrogens is 6. The molecule has 5 heterocycles. The Labute approximate surface area is 214 Å². The lowest BCUT2D eigenvalue weighted by molar-refractivity contribution is -0.112. The molecule has 176 valence electrons. The molecule has 1 aliphatic rings. The van der Waals surface area contributed by atoms with Gasteiger partial charge in [-0.3, -0.25) is 0 Å². The number of carbonyl (C=O) groups is 1. The third kappa shape index (κ3) is 3.67. The van der Waals surface area contributed by atoms with Crippen molar-refractivity contribution in [2.75, 3.05) is 4.90 Å². The minimum Gasteiger partial charge on any atom is -0.343 e. The highest BCUT2D eigenvalue weighted by atomic mass is 127. The Morgan fingerprint density at radius 2 is 2.00 bits per heavy atom. The van der Waals surface area contributed by atoms with Crippen molar-refractivity contribution in [1.29, 1.82) is 0 Å². The summed E-state index contributed by atoms with van der Waals surface area (Å²) in [6.07, 6.45) is 8.70. The van der Waals surface area contributed by atoms with Gasteiger partial charge < -0.3 is 14.3 Å². The summed E-state index contributed by atoms with van der Waals surface area (Å²) in [4.78, 5) is 24.8. The molecule has 4 aromatic rings. The standard InChI is InChI=1S/C23H22ClFIN7O/c1-13-6-14(12-34)9-23(2,32(13)22-19(26)7-15(25)10-27-22)17-11-31(3)20-16(17)8-18(24)21(30-20)33-28-4-5-29-33/h4-5,7-8,10-14H,6,9H2,1-3H3/t13-,14?,23-/m1/s1. The molecule has 0 amide bonds. The number of aryl methyl sites for hydroxylation is 1. The number of hydrogen-bond acceptors (Lipinski definition) is 6. The maximum Gasteiger partial charge on any atom is 0.195 e. The van der Waals surface area contributed by atoms with Crippen LogP contribution in [0.2, 0.25) is 5.02 Å². The number of hydrogen-bond donors (Lipinski definition) is 0. The molecule has 8 nitrogen and oxygen atoms in total. The SMILES string of the molecule is C[C@@H]1CC(C=O)C[C@](C)(c2cn(C)c3nc(-n4nccn4)c(Cl)cc23)N1c1ncc(F)cc1I. The van der Waals surface area contributed by atoms with E-state index >= 15 is 0 Å². The number of anilines is 1. The van der Waals surface area contributed by atoms with E-state index in [2.05, 4.69) is 56.5 Å². The largest absolute Gasteiger partial charge is 0.343 e. The fourth-order valence-corrected chi connectivity index (χ4v) is 6.17. The van der Waals surface area contributed by atoms with E-state index < -0.39 is 5.54 Å². The zero-order valence-corrected chi connectivity index (χ0v) is 21.7. The predicted octanol–water partition coefficient (Wildman–Crippen LogP) is 4.67. The van der Waals surface area contributed by atoms with Gasteiger partial charge in [0.1, 0.15) is 23.6 Å². The summed E-state index contributed by atoms with van der Waals surface area (Å²) in [5.74, 6) is 0.619. The van der Waals surface area contributed by atoms with Gasteiger partial charge in [0.2, 0.25) is 0 Å². The minimum atomic E-state index is -0.621. The van der Waals surface area contributed by atoms with E-state index in [-0.39, 0.29) is 17.8 Å². The normalized spacial score (nSPS) is 22.9.